The molecule has 1 aromatic carbocycles. The summed E-state index contributed by atoms with van der Waals surface area (Å²) in [4.78, 5) is 2.62. The molecule has 2 heterocycles. The standard InChI is InChI=1S/C14H20N2.C2H6/c1-3-16-13-7-8-15-9-12(13)11-6-4-5-10(2)14(11)16;1-2/h4-6,12-13,15H,3,7-9H2,1-2H3;1-2H3. The van der Waals surface area contributed by atoms with E-state index in [0.29, 0.717) is 5.92 Å². The molecule has 2 aliphatic heterocycles. The van der Waals surface area contributed by atoms with E-state index in [0.717, 1.165) is 19.1 Å². The van der Waals surface area contributed by atoms with Crippen molar-refractivity contribution in [2.75, 3.05) is 24.5 Å². The van der Waals surface area contributed by atoms with Gasteiger partial charge in [0.2, 0.25) is 0 Å². The predicted molar refractivity (Wildman–Crippen MR) is 79.6 cm³/mol. The monoisotopic (exact) mass is 246 g/mol. The van der Waals surface area contributed by atoms with Crippen molar-refractivity contribution in [2.24, 2.45) is 0 Å². The average molecular weight is 246 g/mol. The fourth-order valence-corrected chi connectivity index (χ4v) is 3.47. The number of hydrogen-bond acceptors (Lipinski definition) is 2. The largest absolute Gasteiger partial charge is 0.368 e. The molecule has 0 amide bonds. The topological polar surface area (TPSA) is 15.3 Å². The normalized spacial score (nSPS) is 25.0. The van der Waals surface area contributed by atoms with Crippen LogP contribution in [-0.4, -0.2) is 25.7 Å². The van der Waals surface area contributed by atoms with Gasteiger partial charge in [0.1, 0.15) is 0 Å². The number of nitrogens with one attached hydrogen (secondary N) is 1. The van der Waals surface area contributed by atoms with E-state index in [4.69, 9.17) is 0 Å². The van der Waals surface area contributed by atoms with E-state index in [-0.39, 0.29) is 0 Å². The van der Waals surface area contributed by atoms with E-state index in [1.54, 1.807) is 5.56 Å². The summed E-state index contributed by atoms with van der Waals surface area (Å²) in [7, 11) is 0. The average Bonchev–Trinajstić information content (AvgIpc) is 2.76. The molecule has 2 nitrogen and oxygen atoms in total. The molecule has 2 aliphatic rings. The van der Waals surface area contributed by atoms with Gasteiger partial charge in [0.15, 0.2) is 0 Å². The molecule has 0 aromatic heterocycles. The van der Waals surface area contributed by atoms with E-state index >= 15 is 0 Å². The quantitative estimate of drug-likeness (QED) is 0.818. The highest BCUT2D eigenvalue weighted by atomic mass is 15.2. The zero-order valence-corrected chi connectivity index (χ0v) is 12.2. The second kappa shape index (κ2) is 5.75. The van der Waals surface area contributed by atoms with Crippen LogP contribution in [0.4, 0.5) is 5.69 Å². The third-order valence-electron chi connectivity index (χ3n) is 4.14. The van der Waals surface area contributed by atoms with Crippen molar-refractivity contribution in [3.05, 3.63) is 29.3 Å². The number of likely N-dealkylation sites (N-methyl/N-ethyl adjacent to an activating group) is 1. The van der Waals surface area contributed by atoms with E-state index in [1.165, 1.54) is 24.2 Å². The summed E-state index contributed by atoms with van der Waals surface area (Å²) in [5.74, 6) is 0.712. The predicted octanol–water partition coefficient (Wildman–Crippen LogP) is 3.31. The smallest absolute Gasteiger partial charge is 0.0435 e. The maximum atomic E-state index is 3.53. The van der Waals surface area contributed by atoms with Crippen molar-refractivity contribution in [3.8, 4) is 0 Å². The van der Waals surface area contributed by atoms with Gasteiger partial charge in [0.05, 0.1) is 0 Å². The Morgan fingerprint density at radius 3 is 2.83 bits per heavy atom. The Bertz CT molecular complexity index is 400. The summed E-state index contributed by atoms with van der Waals surface area (Å²) in [6, 6.07) is 7.51. The van der Waals surface area contributed by atoms with Crippen LogP contribution in [0.3, 0.4) is 0 Å². The van der Waals surface area contributed by atoms with Gasteiger partial charge in [-0.3, -0.25) is 0 Å². The van der Waals surface area contributed by atoms with Crippen LogP contribution in [-0.2, 0) is 0 Å². The highest BCUT2D eigenvalue weighted by Gasteiger charge is 2.39. The Hall–Kier alpha value is -1.02. The molecule has 18 heavy (non-hydrogen) atoms. The highest BCUT2D eigenvalue weighted by Crippen LogP contribution is 2.44. The SMILES string of the molecule is CC.CCN1c2c(C)cccc2C2CNCCC21. The number of rotatable bonds is 1. The first-order valence-electron chi connectivity index (χ1n) is 7.39. The Labute approximate surface area is 111 Å². The third kappa shape index (κ3) is 2.03. The van der Waals surface area contributed by atoms with Crippen molar-refractivity contribution in [1.82, 2.24) is 5.32 Å². The Morgan fingerprint density at radius 1 is 1.33 bits per heavy atom. The van der Waals surface area contributed by atoms with Crippen LogP contribution in [0.1, 0.15) is 44.2 Å². The van der Waals surface area contributed by atoms with E-state index in [9.17, 15) is 0 Å². The molecular weight excluding hydrogens is 220 g/mol. The molecule has 0 aliphatic carbocycles. The molecule has 3 rings (SSSR count). The van der Waals surface area contributed by atoms with Crippen molar-refractivity contribution >= 4 is 5.69 Å². The molecular formula is C16H26N2. The van der Waals surface area contributed by atoms with E-state index in [1.807, 2.05) is 13.8 Å². The summed E-state index contributed by atoms with van der Waals surface area (Å²) in [6.45, 7) is 12.0. The first kappa shape index (κ1) is 13.4. The molecule has 2 atom stereocenters. The third-order valence-corrected chi connectivity index (χ3v) is 4.14. The van der Waals surface area contributed by atoms with Gasteiger partial charge in [0, 0.05) is 30.7 Å². The Kier molecular flexibility index (Phi) is 4.28. The number of anilines is 1. The molecule has 1 N–H and O–H groups in total. The summed E-state index contributed by atoms with van der Waals surface area (Å²) < 4.78 is 0. The zero-order valence-electron chi connectivity index (χ0n) is 12.2. The summed E-state index contributed by atoms with van der Waals surface area (Å²) in [6.07, 6.45) is 1.28. The number of para-hydroxylation sites is 1. The number of fused-ring (bicyclic) bond motifs is 3. The Balaban J connectivity index is 0.000000574. The van der Waals surface area contributed by atoms with Crippen molar-refractivity contribution in [1.29, 1.82) is 0 Å². The number of aryl methyl sites for hydroxylation is 1. The van der Waals surface area contributed by atoms with E-state index in [2.05, 4.69) is 42.3 Å². The van der Waals surface area contributed by atoms with Gasteiger partial charge >= 0.3 is 0 Å². The zero-order chi connectivity index (χ0) is 13.1. The van der Waals surface area contributed by atoms with Crippen LogP contribution in [0.5, 0.6) is 0 Å². The molecule has 1 saturated heterocycles. The fraction of sp³-hybridized carbons (Fsp3) is 0.625. The van der Waals surface area contributed by atoms with E-state index < -0.39 is 0 Å². The molecule has 2 unspecified atom stereocenters. The van der Waals surface area contributed by atoms with Crippen molar-refractivity contribution in [2.45, 2.75) is 46.1 Å². The van der Waals surface area contributed by atoms with Crippen LogP contribution in [0.15, 0.2) is 18.2 Å². The molecule has 0 spiro atoms. The van der Waals surface area contributed by atoms with Crippen LogP contribution >= 0.6 is 0 Å². The molecule has 0 bridgehead atoms. The first-order valence-corrected chi connectivity index (χ1v) is 7.39. The summed E-state index contributed by atoms with van der Waals surface area (Å²) >= 11 is 0. The van der Waals surface area contributed by atoms with Crippen LogP contribution in [0, 0.1) is 6.92 Å². The summed E-state index contributed by atoms with van der Waals surface area (Å²) in [5.41, 5.74) is 4.52. The van der Waals surface area contributed by atoms with Gasteiger partial charge in [-0.15, -0.1) is 0 Å². The number of hydrogen-bond donors (Lipinski definition) is 1. The lowest BCUT2D eigenvalue weighted by Gasteiger charge is -2.33. The molecule has 1 aromatic rings. The van der Waals surface area contributed by atoms with Gasteiger partial charge in [-0.05, 0) is 37.9 Å². The molecule has 1 fully saturated rings. The number of piperidine rings is 1. The van der Waals surface area contributed by atoms with Crippen LogP contribution < -0.4 is 10.2 Å². The van der Waals surface area contributed by atoms with Gasteiger partial charge in [0.25, 0.3) is 0 Å². The maximum Gasteiger partial charge on any atom is 0.0435 e. The van der Waals surface area contributed by atoms with Crippen LogP contribution in [0.25, 0.3) is 0 Å². The lowest BCUT2D eigenvalue weighted by atomic mass is 9.90. The second-order valence-electron chi connectivity index (χ2n) is 4.97. The number of benzene rings is 1. The van der Waals surface area contributed by atoms with Crippen molar-refractivity contribution < 1.29 is 0 Å². The lowest BCUT2D eigenvalue weighted by molar-refractivity contribution is 0.406. The highest BCUT2D eigenvalue weighted by molar-refractivity contribution is 5.66. The lowest BCUT2D eigenvalue weighted by Crippen LogP contribution is -2.44. The maximum absolute atomic E-state index is 3.53. The van der Waals surface area contributed by atoms with Crippen molar-refractivity contribution in [3.63, 3.8) is 0 Å². The molecule has 100 valence electrons. The van der Waals surface area contributed by atoms with Gasteiger partial charge in [-0.1, -0.05) is 32.0 Å². The molecule has 0 saturated carbocycles. The van der Waals surface area contributed by atoms with Crippen LogP contribution in [0.2, 0.25) is 0 Å². The van der Waals surface area contributed by atoms with Gasteiger partial charge in [-0.25, -0.2) is 0 Å². The van der Waals surface area contributed by atoms with Gasteiger partial charge < -0.3 is 10.2 Å². The second-order valence-corrected chi connectivity index (χ2v) is 4.97. The minimum Gasteiger partial charge on any atom is -0.368 e. The summed E-state index contributed by atoms with van der Waals surface area (Å²) in [5, 5.41) is 3.53. The van der Waals surface area contributed by atoms with Gasteiger partial charge in [-0.2, -0.15) is 0 Å². The fourth-order valence-electron chi connectivity index (χ4n) is 3.47. The first-order chi connectivity index (χ1) is 8.83. The Morgan fingerprint density at radius 2 is 2.11 bits per heavy atom. The molecule has 0 radical (unpaired) electrons. The minimum atomic E-state index is 0.712. The molecule has 2 heteroatoms. The number of nitrogens with zero attached hydrogens (tertiary/aromatic N) is 1. The minimum absolute atomic E-state index is 0.712.